The van der Waals surface area contributed by atoms with Crippen molar-refractivity contribution >= 4 is 57.8 Å². The predicted molar refractivity (Wildman–Crippen MR) is 238 cm³/mol. The van der Waals surface area contributed by atoms with E-state index in [-0.39, 0.29) is 40.9 Å². The van der Waals surface area contributed by atoms with Crippen LogP contribution < -0.4 is 82.2 Å². The van der Waals surface area contributed by atoms with Crippen molar-refractivity contribution < 1.29 is 57.7 Å². The summed E-state index contributed by atoms with van der Waals surface area (Å²) in [6, 6.07) is 7.27. The fraction of sp³-hybridized carbons (Fsp3) is 0.511. The summed E-state index contributed by atoms with van der Waals surface area (Å²) in [5, 5.41) is 6.10. The molecule has 6 nitrogen and oxygen atoms in total. The summed E-state index contributed by atoms with van der Waals surface area (Å²) in [5.41, 5.74) is 20.2. The maximum Gasteiger partial charge on any atom is -1.00 e. The first-order chi connectivity index (χ1) is 24.3. The van der Waals surface area contributed by atoms with Gasteiger partial charge < -0.3 is 37.2 Å². The van der Waals surface area contributed by atoms with Gasteiger partial charge in [-0.3, -0.25) is 0 Å². The molecule has 0 aliphatic heterocycles. The second kappa shape index (κ2) is 18.3. The molecule has 1 aliphatic carbocycles. The largest absolute Gasteiger partial charge is 1.00 e. The average molecular weight is 876 g/mol. The number of hydrogen-bond acceptors (Lipinski definition) is 6. The van der Waals surface area contributed by atoms with Crippen LogP contribution in [0.2, 0.25) is 3.72 Å². The van der Waals surface area contributed by atoms with E-state index in [2.05, 4.69) is 222 Å². The summed E-state index contributed by atoms with van der Waals surface area (Å²) >= 11 is 2.52. The molecule has 1 aliphatic rings. The fourth-order valence-electron chi connectivity index (χ4n) is 9.22. The Morgan fingerprint density at radius 1 is 0.429 bits per heavy atom. The quantitative estimate of drug-likeness (QED) is 0.179. The van der Waals surface area contributed by atoms with Crippen molar-refractivity contribution in [2.24, 2.45) is 0 Å². The minimum absolute atomic E-state index is 0. The predicted octanol–water partition coefficient (Wildman–Crippen LogP) is -1.65. The molecule has 3 aromatic rings. The van der Waals surface area contributed by atoms with Crippen molar-refractivity contribution in [3.8, 4) is 0 Å². The number of hydrogen-bond donors (Lipinski definition) is 0. The number of allylic oxidation sites excluding steroid dienone is 4. The van der Waals surface area contributed by atoms with E-state index >= 15 is 0 Å². The van der Waals surface area contributed by atoms with Gasteiger partial charge in [0.1, 0.15) is 0 Å². The summed E-state index contributed by atoms with van der Waals surface area (Å²) < 4.78 is -0.214. The first kappa shape index (κ1) is 51.8. The number of halogens is 3. The molecule has 0 bridgehead atoms. The standard InChI is InChI=1S/C45H69N6Si.3ClH.Ti/c1-26-23-36(46(11)12)39(49(17)18)43(29(26)4)52(42-34(9)32(7)33(8)35(42)10,44-30(5)27(2)24-37(47(13)14)40(44)50(19)20)45-31(6)28(3)25-38(48(15)16)41(45)51(21)22;;;;/h23-25H,1-22H3;3*1H;/q;;;;+3/p-3. The monoisotopic (exact) mass is 874 g/mol. The van der Waals surface area contributed by atoms with E-state index in [1.807, 2.05) is 0 Å². The number of aryl methyl sites for hydroxylation is 3. The summed E-state index contributed by atoms with van der Waals surface area (Å²) in [6.07, 6.45) is 0. The topological polar surface area (TPSA) is 19.4 Å². The van der Waals surface area contributed by atoms with Gasteiger partial charge in [0.25, 0.3) is 0 Å². The summed E-state index contributed by atoms with van der Waals surface area (Å²) in [6.45, 7) is 24.0. The molecule has 1 atom stereocenters. The molecule has 56 heavy (non-hydrogen) atoms. The molecule has 0 saturated heterocycles. The van der Waals surface area contributed by atoms with Crippen molar-refractivity contribution in [3.63, 3.8) is 0 Å². The molecule has 0 spiro atoms. The molecule has 0 heterocycles. The Morgan fingerprint density at radius 3 is 0.857 bits per heavy atom. The number of rotatable bonds is 10. The molecule has 0 amide bonds. The average Bonchev–Trinajstić information content (AvgIpc) is 3.19. The maximum atomic E-state index is 2.52. The molecular formula is C45H69Cl3N6SiTi. The summed E-state index contributed by atoms with van der Waals surface area (Å²) in [7, 11) is 23.4. The third kappa shape index (κ3) is 7.91. The molecule has 3 aromatic carbocycles. The van der Waals surface area contributed by atoms with E-state index in [9.17, 15) is 0 Å². The molecule has 0 fully saturated rings. The van der Waals surface area contributed by atoms with Crippen LogP contribution >= 0.6 is 0 Å². The molecule has 1 unspecified atom stereocenters. The van der Waals surface area contributed by atoms with E-state index in [4.69, 9.17) is 0 Å². The van der Waals surface area contributed by atoms with Crippen molar-refractivity contribution in [1.82, 2.24) is 0 Å². The van der Waals surface area contributed by atoms with Gasteiger partial charge >= 0.3 is 339 Å². The van der Waals surface area contributed by atoms with Gasteiger partial charge in [-0.05, 0) is 0 Å². The first-order valence-corrected chi connectivity index (χ1v) is 21.7. The molecular weight excluding hydrogens is 807 g/mol. The third-order valence-electron chi connectivity index (χ3n) is 12.4. The Morgan fingerprint density at radius 2 is 0.679 bits per heavy atom. The molecule has 0 radical (unpaired) electrons. The third-order valence-corrected chi connectivity index (χ3v) is 19.5. The minimum atomic E-state index is -3.42. The van der Waals surface area contributed by atoms with Crippen LogP contribution in [0.1, 0.15) is 61.1 Å². The van der Waals surface area contributed by atoms with Crippen LogP contribution in [-0.2, 0) is 20.4 Å². The van der Waals surface area contributed by atoms with Gasteiger partial charge in [-0.25, -0.2) is 0 Å². The van der Waals surface area contributed by atoms with Gasteiger partial charge in [0.2, 0.25) is 0 Å². The molecule has 0 aromatic heterocycles. The molecule has 4 rings (SSSR count). The molecule has 308 valence electrons. The second-order valence-corrected chi connectivity index (χ2v) is 22.2. The zero-order valence-corrected chi connectivity index (χ0v) is 43.4. The van der Waals surface area contributed by atoms with Crippen LogP contribution in [0.3, 0.4) is 0 Å². The number of nitrogens with zero attached hydrogens (tertiary/aromatic N) is 6. The molecule has 0 N–H and O–H groups in total. The van der Waals surface area contributed by atoms with Gasteiger partial charge in [0.15, 0.2) is 0 Å². The van der Waals surface area contributed by atoms with E-state index in [0.29, 0.717) is 0 Å². The van der Waals surface area contributed by atoms with E-state index in [1.54, 1.807) is 5.20 Å². The van der Waals surface area contributed by atoms with Crippen LogP contribution in [-0.4, -0.2) is 92.6 Å². The van der Waals surface area contributed by atoms with Crippen molar-refractivity contribution in [2.75, 3.05) is 114 Å². The second-order valence-electron chi connectivity index (χ2n) is 17.2. The smallest absolute Gasteiger partial charge is 1.00 e. The Bertz CT molecular complexity index is 1850. The van der Waals surface area contributed by atoms with E-state index < -0.39 is 8.07 Å². The Kier molecular flexibility index (Phi) is 17.0. The van der Waals surface area contributed by atoms with Crippen LogP contribution in [0.4, 0.5) is 34.1 Å². The van der Waals surface area contributed by atoms with Gasteiger partial charge in [0, 0.05) is 0 Å². The van der Waals surface area contributed by atoms with Crippen molar-refractivity contribution in [1.29, 1.82) is 0 Å². The number of benzene rings is 3. The van der Waals surface area contributed by atoms with Crippen molar-refractivity contribution in [3.05, 3.63) is 73.5 Å². The minimum Gasteiger partial charge on any atom is -1.00 e. The summed E-state index contributed by atoms with van der Waals surface area (Å²) in [4.78, 5) is 14.3. The van der Waals surface area contributed by atoms with Crippen LogP contribution in [0.5, 0.6) is 0 Å². The van der Waals surface area contributed by atoms with Crippen LogP contribution in [0.15, 0.2) is 40.1 Å². The molecule has 0 saturated carbocycles. The van der Waals surface area contributed by atoms with Gasteiger partial charge in [0.05, 0.1) is 0 Å². The first-order valence-electron chi connectivity index (χ1n) is 18.9. The normalized spacial score (nSPS) is 15.3. The zero-order valence-electron chi connectivity index (χ0n) is 38.5. The Hall–Kier alpha value is -2.26. The molecule has 11 heteroatoms. The Balaban J connectivity index is 0.00000523. The zero-order chi connectivity index (χ0) is 40.6. The summed E-state index contributed by atoms with van der Waals surface area (Å²) in [5.74, 6) is 0. The van der Waals surface area contributed by atoms with Gasteiger partial charge in [-0.1, -0.05) is 0 Å². The fourth-order valence-corrected chi connectivity index (χ4v) is 18.3. The van der Waals surface area contributed by atoms with Crippen LogP contribution in [0.25, 0.3) is 0 Å². The van der Waals surface area contributed by atoms with E-state index in [1.165, 1.54) is 99.8 Å². The Labute approximate surface area is 373 Å². The van der Waals surface area contributed by atoms with Gasteiger partial charge in [-0.2, -0.15) is 0 Å². The van der Waals surface area contributed by atoms with E-state index in [0.717, 1.165) is 0 Å². The van der Waals surface area contributed by atoms with Crippen LogP contribution in [0, 0.1) is 41.5 Å². The maximum absolute atomic E-state index is 3.42. The SMILES string of the molecule is CC1=C(C)[C](C)([Ti+3])C([Si](c2c(C)c(C)cc(N(C)C)c2N(C)C)(c2c(C)c(C)cc(N(C)C)c2N(C)C)c2c(C)c(C)cc(N(C)C)c2N(C)C)=C1C.[Cl-].[Cl-].[Cl-]. The number of anilines is 6. The van der Waals surface area contributed by atoms with Gasteiger partial charge in [-0.15, -0.1) is 0 Å². The van der Waals surface area contributed by atoms with Crippen molar-refractivity contribution in [2.45, 2.75) is 73.0 Å².